The number of hydrogen-bond donors (Lipinski definition) is 4. The molecule has 0 spiro atoms. The van der Waals surface area contributed by atoms with Crippen LogP contribution in [0, 0.1) is 12.3 Å². The number of ether oxygens (including phenoxy) is 2. The van der Waals surface area contributed by atoms with Crippen LogP contribution in [0.4, 0.5) is 11.5 Å². The summed E-state index contributed by atoms with van der Waals surface area (Å²) < 4.78 is 10.5. The summed E-state index contributed by atoms with van der Waals surface area (Å²) in [7, 11) is 3.05. The standard InChI is InChI=1S/C24H26N4O4/c1-13-5-6-16(27-24(30)15-9-17(31-3)12-18(10-15)32-4)11-20(13)21-8-7-19(23(26)28-21)22(25)14(2)29/h5-12,14,25,29H,1-4H3,(H2,26,28)(H,27,30)/t14-/m1/s1. The summed E-state index contributed by atoms with van der Waals surface area (Å²) in [5, 5.41) is 20.5. The van der Waals surface area contributed by atoms with Gasteiger partial charge in [-0.15, -0.1) is 0 Å². The first-order valence-electron chi connectivity index (χ1n) is 9.92. The highest BCUT2D eigenvalue weighted by atomic mass is 16.5. The highest BCUT2D eigenvalue weighted by Crippen LogP contribution is 2.28. The number of amides is 1. The molecule has 1 amide bonds. The number of hydrogen-bond acceptors (Lipinski definition) is 7. The van der Waals surface area contributed by atoms with Gasteiger partial charge in [-0.2, -0.15) is 0 Å². The zero-order chi connectivity index (χ0) is 23.4. The first-order valence-corrected chi connectivity index (χ1v) is 9.92. The van der Waals surface area contributed by atoms with Crippen molar-refractivity contribution < 1.29 is 19.4 Å². The number of nitrogens with zero attached hydrogens (tertiary/aromatic N) is 1. The Labute approximate surface area is 186 Å². The molecule has 0 saturated carbocycles. The molecule has 1 heterocycles. The molecular formula is C24H26N4O4. The Morgan fingerprint density at radius 2 is 1.75 bits per heavy atom. The van der Waals surface area contributed by atoms with E-state index >= 15 is 0 Å². The van der Waals surface area contributed by atoms with Crippen LogP contribution in [0.2, 0.25) is 0 Å². The molecule has 8 nitrogen and oxygen atoms in total. The van der Waals surface area contributed by atoms with Gasteiger partial charge in [-0.05, 0) is 55.8 Å². The largest absolute Gasteiger partial charge is 0.497 e. The fraction of sp³-hybridized carbons (Fsp3) is 0.208. The minimum Gasteiger partial charge on any atom is -0.497 e. The van der Waals surface area contributed by atoms with Crippen LogP contribution in [0.1, 0.15) is 28.4 Å². The number of aliphatic hydroxyl groups excluding tert-OH is 1. The lowest BCUT2D eigenvalue weighted by Crippen LogP contribution is -2.18. The minimum absolute atomic E-state index is 0.00741. The number of aromatic nitrogens is 1. The highest BCUT2D eigenvalue weighted by molar-refractivity contribution is 6.06. The number of carbonyl (C=O) groups excluding carboxylic acids is 1. The van der Waals surface area contributed by atoms with Crippen molar-refractivity contribution in [2.45, 2.75) is 20.0 Å². The third-order valence-electron chi connectivity index (χ3n) is 5.02. The Bertz CT molecular complexity index is 1150. The van der Waals surface area contributed by atoms with E-state index in [-0.39, 0.29) is 17.4 Å². The molecule has 5 N–H and O–H groups in total. The molecule has 8 heteroatoms. The number of aliphatic hydroxyl groups is 1. The second-order valence-electron chi connectivity index (χ2n) is 7.30. The van der Waals surface area contributed by atoms with Gasteiger partial charge in [-0.1, -0.05) is 6.07 Å². The van der Waals surface area contributed by atoms with Gasteiger partial charge < -0.3 is 31.0 Å². The number of aryl methyl sites for hydroxylation is 1. The summed E-state index contributed by atoms with van der Waals surface area (Å²) in [6, 6.07) is 13.8. The maximum Gasteiger partial charge on any atom is 0.255 e. The van der Waals surface area contributed by atoms with E-state index in [1.807, 2.05) is 19.1 Å². The number of carbonyl (C=O) groups is 1. The molecule has 0 aliphatic carbocycles. The Kier molecular flexibility index (Phi) is 6.75. The molecule has 2 aromatic carbocycles. The van der Waals surface area contributed by atoms with Gasteiger partial charge in [0.15, 0.2) is 0 Å². The topological polar surface area (TPSA) is 131 Å². The van der Waals surface area contributed by atoms with Gasteiger partial charge in [0.2, 0.25) is 0 Å². The maximum atomic E-state index is 12.8. The third-order valence-corrected chi connectivity index (χ3v) is 5.02. The van der Waals surface area contributed by atoms with Crippen molar-refractivity contribution in [2.75, 3.05) is 25.3 Å². The average molecular weight is 434 g/mol. The molecule has 0 fully saturated rings. The third kappa shape index (κ3) is 4.87. The molecule has 0 bridgehead atoms. The van der Waals surface area contributed by atoms with Gasteiger partial charge in [0.1, 0.15) is 17.3 Å². The SMILES string of the molecule is COc1cc(OC)cc(C(=O)Nc2ccc(C)c(-c3ccc(C(=N)[C@@H](C)O)c(N)n3)c2)c1. The second kappa shape index (κ2) is 9.49. The minimum atomic E-state index is -0.944. The molecule has 3 aromatic rings. The Morgan fingerprint density at radius 3 is 2.31 bits per heavy atom. The number of nitrogen functional groups attached to an aromatic ring is 1. The molecule has 32 heavy (non-hydrogen) atoms. The van der Waals surface area contributed by atoms with Crippen LogP contribution in [0.15, 0.2) is 48.5 Å². The van der Waals surface area contributed by atoms with E-state index in [4.69, 9.17) is 20.6 Å². The van der Waals surface area contributed by atoms with Crippen LogP contribution < -0.4 is 20.5 Å². The van der Waals surface area contributed by atoms with E-state index in [1.165, 1.54) is 21.1 Å². The first-order chi connectivity index (χ1) is 15.2. The van der Waals surface area contributed by atoms with Gasteiger partial charge in [-0.3, -0.25) is 4.79 Å². The van der Waals surface area contributed by atoms with Crippen molar-refractivity contribution in [2.24, 2.45) is 0 Å². The van der Waals surface area contributed by atoms with Crippen LogP contribution in [-0.2, 0) is 0 Å². The van der Waals surface area contributed by atoms with Gasteiger partial charge in [-0.25, -0.2) is 4.98 Å². The fourth-order valence-electron chi connectivity index (χ4n) is 3.20. The Hall–Kier alpha value is -3.91. The van der Waals surface area contributed by atoms with Crippen molar-refractivity contribution >= 4 is 23.1 Å². The lowest BCUT2D eigenvalue weighted by Gasteiger charge is -2.14. The monoisotopic (exact) mass is 434 g/mol. The fourth-order valence-corrected chi connectivity index (χ4v) is 3.20. The van der Waals surface area contributed by atoms with Crippen LogP contribution >= 0.6 is 0 Å². The molecule has 0 radical (unpaired) electrons. The van der Waals surface area contributed by atoms with Crippen LogP contribution in [0.5, 0.6) is 11.5 Å². The van der Waals surface area contributed by atoms with Gasteiger partial charge in [0.25, 0.3) is 5.91 Å². The number of pyridine rings is 1. The van der Waals surface area contributed by atoms with Crippen molar-refractivity contribution in [3.05, 3.63) is 65.2 Å². The van der Waals surface area contributed by atoms with Crippen molar-refractivity contribution in [3.8, 4) is 22.8 Å². The van der Waals surface area contributed by atoms with E-state index in [2.05, 4.69) is 10.3 Å². The predicted octanol–water partition coefficient (Wildman–Crippen LogP) is 3.66. The lowest BCUT2D eigenvalue weighted by atomic mass is 10.0. The van der Waals surface area contributed by atoms with Gasteiger partial charge in [0, 0.05) is 28.4 Å². The van der Waals surface area contributed by atoms with E-state index < -0.39 is 6.10 Å². The zero-order valence-corrected chi connectivity index (χ0v) is 18.4. The second-order valence-corrected chi connectivity index (χ2v) is 7.30. The van der Waals surface area contributed by atoms with Crippen molar-refractivity contribution in [1.29, 1.82) is 5.41 Å². The zero-order valence-electron chi connectivity index (χ0n) is 18.4. The number of nitrogens with two attached hydrogens (primary N) is 1. The molecule has 3 rings (SSSR count). The van der Waals surface area contributed by atoms with E-state index in [9.17, 15) is 9.90 Å². The van der Waals surface area contributed by atoms with Crippen LogP contribution in [0.3, 0.4) is 0 Å². The number of nitrogens with one attached hydrogen (secondary N) is 2. The molecule has 1 aromatic heterocycles. The van der Waals surface area contributed by atoms with Gasteiger partial charge in [0.05, 0.1) is 31.7 Å². The quantitative estimate of drug-likeness (QED) is 0.420. The molecule has 166 valence electrons. The average Bonchev–Trinajstić information content (AvgIpc) is 2.79. The number of benzene rings is 2. The highest BCUT2D eigenvalue weighted by Gasteiger charge is 2.15. The summed E-state index contributed by atoms with van der Waals surface area (Å²) in [5.41, 5.74) is 9.74. The normalized spacial score (nSPS) is 11.5. The lowest BCUT2D eigenvalue weighted by molar-refractivity contribution is 0.102. The molecular weight excluding hydrogens is 408 g/mol. The van der Waals surface area contributed by atoms with Crippen LogP contribution in [0.25, 0.3) is 11.3 Å². The summed E-state index contributed by atoms with van der Waals surface area (Å²) in [6.45, 7) is 3.43. The smallest absolute Gasteiger partial charge is 0.255 e. The molecule has 1 atom stereocenters. The molecule has 0 aliphatic heterocycles. The molecule has 0 saturated heterocycles. The summed E-state index contributed by atoms with van der Waals surface area (Å²) in [4.78, 5) is 17.2. The summed E-state index contributed by atoms with van der Waals surface area (Å²) in [6.07, 6.45) is -0.944. The maximum absolute atomic E-state index is 12.8. The number of anilines is 2. The predicted molar refractivity (Wildman–Crippen MR) is 125 cm³/mol. The van der Waals surface area contributed by atoms with E-state index in [1.54, 1.807) is 36.4 Å². The van der Waals surface area contributed by atoms with Crippen molar-refractivity contribution in [3.63, 3.8) is 0 Å². The number of rotatable bonds is 7. The van der Waals surface area contributed by atoms with E-state index in [0.29, 0.717) is 34.0 Å². The molecule has 0 unspecified atom stereocenters. The summed E-state index contributed by atoms with van der Waals surface area (Å²) in [5.74, 6) is 0.874. The van der Waals surface area contributed by atoms with E-state index in [0.717, 1.165) is 11.1 Å². The Balaban J connectivity index is 1.90. The molecule has 0 aliphatic rings. The number of methoxy groups -OCH3 is 2. The first kappa shape index (κ1) is 22.8. The van der Waals surface area contributed by atoms with Crippen molar-refractivity contribution in [1.82, 2.24) is 4.98 Å². The summed E-state index contributed by atoms with van der Waals surface area (Å²) >= 11 is 0. The van der Waals surface area contributed by atoms with Crippen LogP contribution in [-0.4, -0.2) is 42.0 Å². The van der Waals surface area contributed by atoms with Gasteiger partial charge >= 0.3 is 0 Å². The Morgan fingerprint density at radius 1 is 1.09 bits per heavy atom.